The van der Waals surface area contributed by atoms with Crippen molar-refractivity contribution in [2.24, 2.45) is 5.73 Å². The molecule has 0 saturated heterocycles. The van der Waals surface area contributed by atoms with Crippen LogP contribution in [0.4, 0.5) is 4.79 Å². The molecule has 1 aliphatic rings. The fourth-order valence-corrected chi connectivity index (χ4v) is 2.71. The van der Waals surface area contributed by atoms with Gasteiger partial charge in [0.15, 0.2) is 0 Å². The monoisotopic (exact) mass is 411 g/mol. The zero-order valence-corrected chi connectivity index (χ0v) is 15.6. The minimum absolute atomic E-state index is 0.0666. The summed E-state index contributed by atoms with van der Waals surface area (Å²) in [6.45, 7) is -0.0799. The number of amides is 4. The SMILES string of the molecule is NC(=O)CC(NC(=O)OCc1ccccc1)C(=O)ON1C(=O)c2ccccc2C1=O. The van der Waals surface area contributed by atoms with Crippen LogP contribution in [-0.4, -0.2) is 40.9 Å². The molecule has 0 radical (unpaired) electrons. The number of hydrogen-bond acceptors (Lipinski definition) is 7. The minimum Gasteiger partial charge on any atom is -0.445 e. The van der Waals surface area contributed by atoms with Gasteiger partial charge in [0.1, 0.15) is 12.6 Å². The normalized spacial score (nSPS) is 13.4. The molecule has 4 amide bonds. The van der Waals surface area contributed by atoms with Crippen LogP contribution in [0.3, 0.4) is 0 Å². The smallest absolute Gasteiger partial charge is 0.408 e. The van der Waals surface area contributed by atoms with E-state index in [9.17, 15) is 24.0 Å². The molecule has 10 nitrogen and oxygen atoms in total. The summed E-state index contributed by atoms with van der Waals surface area (Å²) in [6, 6.07) is 13.1. The molecule has 154 valence electrons. The number of fused-ring (bicyclic) bond motifs is 1. The van der Waals surface area contributed by atoms with E-state index in [0.29, 0.717) is 5.56 Å². The molecule has 3 N–H and O–H groups in total. The number of benzene rings is 2. The van der Waals surface area contributed by atoms with Crippen LogP contribution >= 0.6 is 0 Å². The number of ether oxygens (including phenoxy) is 1. The van der Waals surface area contributed by atoms with E-state index in [2.05, 4.69) is 5.32 Å². The summed E-state index contributed by atoms with van der Waals surface area (Å²) < 4.78 is 5.00. The predicted molar refractivity (Wildman–Crippen MR) is 100 cm³/mol. The van der Waals surface area contributed by atoms with Gasteiger partial charge in [-0.25, -0.2) is 9.59 Å². The first-order valence-electron chi connectivity index (χ1n) is 8.82. The van der Waals surface area contributed by atoms with Gasteiger partial charge in [-0.1, -0.05) is 47.5 Å². The van der Waals surface area contributed by atoms with E-state index >= 15 is 0 Å². The average Bonchev–Trinajstić information content (AvgIpc) is 2.97. The third kappa shape index (κ3) is 4.61. The van der Waals surface area contributed by atoms with Gasteiger partial charge < -0.3 is 20.6 Å². The molecule has 0 spiro atoms. The maximum Gasteiger partial charge on any atom is 0.408 e. The molecular formula is C20H17N3O7. The number of nitrogens with two attached hydrogens (primary N) is 1. The highest BCUT2D eigenvalue weighted by Crippen LogP contribution is 2.23. The summed E-state index contributed by atoms with van der Waals surface area (Å²) >= 11 is 0. The Bertz CT molecular complexity index is 971. The predicted octanol–water partition coefficient (Wildman–Crippen LogP) is 0.911. The van der Waals surface area contributed by atoms with Crippen LogP contribution in [-0.2, 0) is 25.8 Å². The Labute approximate surface area is 170 Å². The average molecular weight is 411 g/mol. The largest absolute Gasteiger partial charge is 0.445 e. The van der Waals surface area contributed by atoms with Crippen LogP contribution in [0.1, 0.15) is 32.7 Å². The van der Waals surface area contributed by atoms with E-state index in [1.807, 2.05) is 0 Å². The first kappa shape index (κ1) is 20.5. The van der Waals surface area contributed by atoms with Gasteiger partial charge in [0.05, 0.1) is 17.5 Å². The summed E-state index contributed by atoms with van der Waals surface area (Å²) in [6.07, 6.45) is -1.63. The van der Waals surface area contributed by atoms with Crippen molar-refractivity contribution < 1.29 is 33.5 Å². The van der Waals surface area contributed by atoms with E-state index in [1.54, 1.807) is 42.5 Å². The maximum absolute atomic E-state index is 12.4. The van der Waals surface area contributed by atoms with Gasteiger partial charge >= 0.3 is 12.1 Å². The fourth-order valence-electron chi connectivity index (χ4n) is 2.71. The molecule has 1 heterocycles. The van der Waals surface area contributed by atoms with Gasteiger partial charge in [0.25, 0.3) is 11.8 Å². The Morgan fingerprint density at radius 3 is 2.07 bits per heavy atom. The number of alkyl carbamates (subject to hydrolysis) is 1. The molecule has 3 rings (SSSR count). The summed E-state index contributed by atoms with van der Waals surface area (Å²) in [5.74, 6) is -3.82. The molecule has 1 unspecified atom stereocenters. The standard InChI is InChI=1S/C20H17N3O7/c21-16(24)10-15(22-20(28)29-11-12-6-2-1-3-7-12)19(27)30-23-17(25)13-8-4-5-9-14(13)18(23)26/h1-9,15H,10-11H2,(H2,21,24)(H,22,28). The molecule has 0 bridgehead atoms. The molecule has 10 heteroatoms. The summed E-state index contributed by atoms with van der Waals surface area (Å²) in [5, 5.41) is 2.43. The van der Waals surface area contributed by atoms with E-state index < -0.39 is 42.2 Å². The number of primary amides is 1. The zero-order chi connectivity index (χ0) is 21.7. The van der Waals surface area contributed by atoms with Gasteiger partial charge in [0, 0.05) is 0 Å². The Morgan fingerprint density at radius 1 is 0.933 bits per heavy atom. The van der Waals surface area contributed by atoms with Crippen molar-refractivity contribution in [3.05, 3.63) is 71.3 Å². The molecule has 0 aliphatic carbocycles. The number of hydroxylamine groups is 2. The van der Waals surface area contributed by atoms with Crippen LogP contribution in [0, 0.1) is 0 Å². The second-order valence-electron chi connectivity index (χ2n) is 6.29. The lowest BCUT2D eigenvalue weighted by Gasteiger charge is -2.19. The molecule has 2 aromatic rings. The van der Waals surface area contributed by atoms with E-state index in [0.717, 1.165) is 0 Å². The summed E-state index contributed by atoms with van der Waals surface area (Å²) in [4.78, 5) is 65.2. The highest BCUT2D eigenvalue weighted by molar-refractivity contribution is 6.21. The molecule has 2 aromatic carbocycles. The van der Waals surface area contributed by atoms with Gasteiger partial charge in [-0.2, -0.15) is 0 Å². The van der Waals surface area contributed by atoms with Crippen LogP contribution in [0.2, 0.25) is 0 Å². The van der Waals surface area contributed by atoms with Gasteiger partial charge in [0.2, 0.25) is 5.91 Å². The lowest BCUT2D eigenvalue weighted by atomic mass is 10.1. The van der Waals surface area contributed by atoms with Crippen LogP contribution in [0.5, 0.6) is 0 Å². The van der Waals surface area contributed by atoms with Crippen molar-refractivity contribution in [2.75, 3.05) is 0 Å². The Kier molecular flexibility index (Phi) is 6.06. The van der Waals surface area contributed by atoms with Crippen molar-refractivity contribution in [3.8, 4) is 0 Å². The Hall–Kier alpha value is -4.21. The number of nitrogens with one attached hydrogen (secondary N) is 1. The van der Waals surface area contributed by atoms with Crippen molar-refractivity contribution in [1.29, 1.82) is 0 Å². The van der Waals surface area contributed by atoms with E-state index in [4.69, 9.17) is 15.3 Å². The molecule has 1 atom stereocenters. The first-order chi connectivity index (χ1) is 14.4. The van der Waals surface area contributed by atoms with Crippen molar-refractivity contribution >= 4 is 29.8 Å². The number of carbonyl (C=O) groups is 5. The minimum atomic E-state index is -1.56. The van der Waals surface area contributed by atoms with E-state index in [-0.39, 0.29) is 22.8 Å². The van der Waals surface area contributed by atoms with Crippen molar-refractivity contribution in [2.45, 2.75) is 19.1 Å². The van der Waals surface area contributed by atoms with Gasteiger partial charge in [-0.05, 0) is 17.7 Å². The number of hydrogen-bond donors (Lipinski definition) is 2. The first-order valence-corrected chi connectivity index (χ1v) is 8.82. The lowest BCUT2D eigenvalue weighted by molar-refractivity contribution is -0.171. The summed E-state index contributed by atoms with van der Waals surface area (Å²) in [5.41, 5.74) is 5.95. The van der Waals surface area contributed by atoms with Crippen LogP contribution < -0.4 is 11.1 Å². The highest BCUT2D eigenvalue weighted by Gasteiger charge is 2.40. The van der Waals surface area contributed by atoms with Gasteiger partial charge in [-0.15, -0.1) is 0 Å². The third-order valence-corrected chi connectivity index (χ3v) is 4.13. The van der Waals surface area contributed by atoms with Crippen LogP contribution in [0.25, 0.3) is 0 Å². The molecular weight excluding hydrogens is 394 g/mol. The second-order valence-corrected chi connectivity index (χ2v) is 6.29. The highest BCUT2D eigenvalue weighted by atomic mass is 16.7. The Morgan fingerprint density at radius 2 is 1.50 bits per heavy atom. The molecule has 0 saturated carbocycles. The molecule has 0 aromatic heterocycles. The van der Waals surface area contributed by atoms with Crippen LogP contribution in [0.15, 0.2) is 54.6 Å². The number of nitrogens with zero attached hydrogens (tertiary/aromatic N) is 1. The lowest BCUT2D eigenvalue weighted by Crippen LogP contribution is -2.47. The number of imide groups is 1. The van der Waals surface area contributed by atoms with Crippen molar-refractivity contribution in [3.63, 3.8) is 0 Å². The number of rotatable bonds is 7. The van der Waals surface area contributed by atoms with Gasteiger partial charge in [-0.3, -0.25) is 14.4 Å². The third-order valence-electron chi connectivity index (χ3n) is 4.13. The fraction of sp³-hybridized carbons (Fsp3) is 0.150. The van der Waals surface area contributed by atoms with E-state index in [1.165, 1.54) is 12.1 Å². The topological polar surface area (TPSA) is 145 Å². The molecule has 0 fully saturated rings. The molecule has 30 heavy (non-hydrogen) atoms. The Balaban J connectivity index is 1.64. The zero-order valence-electron chi connectivity index (χ0n) is 15.6. The quantitative estimate of drug-likeness (QED) is 0.644. The number of carbonyl (C=O) groups excluding carboxylic acids is 5. The van der Waals surface area contributed by atoms with Crippen molar-refractivity contribution in [1.82, 2.24) is 10.4 Å². The molecule has 1 aliphatic heterocycles. The maximum atomic E-state index is 12.4. The second kappa shape index (κ2) is 8.86. The summed E-state index contributed by atoms with van der Waals surface area (Å²) in [7, 11) is 0.